The number of allylic oxidation sites excluding steroid dienone is 2. The molecule has 0 bridgehead atoms. The highest BCUT2D eigenvalue weighted by Crippen LogP contribution is 2.41. The number of carbonyl (C=O) groups excluding carboxylic acids is 1. The van der Waals surface area contributed by atoms with Crippen molar-refractivity contribution < 1.29 is 19.2 Å². The zero-order chi connectivity index (χ0) is 28.6. The molecule has 0 spiro atoms. The van der Waals surface area contributed by atoms with Crippen molar-refractivity contribution in [2.75, 3.05) is 51.1 Å². The maximum absolute atomic E-state index is 12.6. The molecule has 9 nitrogen and oxygen atoms in total. The third kappa shape index (κ3) is 6.62. The standard InChI is InChI=1S/C30H38N4O5S/c1-21(32-15-17-33(18-16-32)25-12-6-7-13-26(25)38-3)10-9-19-40-27-14-8-5-11-23(27)28-24(30(35)39-4)20-31-22(2)29(28)34(36)37/h5-8,11-14,20-21,28,31H,9-10,15-19H2,1-4H3. The van der Waals surface area contributed by atoms with Gasteiger partial charge >= 0.3 is 5.97 Å². The zero-order valence-corrected chi connectivity index (χ0v) is 24.4. The van der Waals surface area contributed by atoms with E-state index in [1.54, 1.807) is 25.8 Å². The SMILES string of the molecule is COC(=O)C1=CNC(C)=C([N+](=O)[O-])C1c1ccccc1SCCCC(C)N1CCN(c2ccccc2OC)CC1. The lowest BCUT2D eigenvalue weighted by molar-refractivity contribution is -0.431. The normalized spacial score (nSPS) is 18.6. The van der Waals surface area contributed by atoms with E-state index >= 15 is 0 Å². The van der Waals surface area contributed by atoms with E-state index in [9.17, 15) is 14.9 Å². The number of nitrogens with zero attached hydrogens (tertiary/aromatic N) is 3. The number of hydrogen-bond donors (Lipinski definition) is 1. The summed E-state index contributed by atoms with van der Waals surface area (Å²) in [4.78, 5) is 30.1. The minimum absolute atomic E-state index is 0.0307. The fourth-order valence-electron chi connectivity index (χ4n) is 5.45. The van der Waals surface area contributed by atoms with E-state index in [0.717, 1.165) is 66.7 Å². The molecule has 10 heteroatoms. The molecular formula is C30H38N4O5S. The number of benzene rings is 2. The summed E-state index contributed by atoms with van der Waals surface area (Å²) >= 11 is 1.68. The molecule has 0 saturated carbocycles. The molecule has 2 aromatic carbocycles. The Balaban J connectivity index is 1.35. The minimum atomic E-state index is -0.800. The largest absolute Gasteiger partial charge is 0.495 e. The fraction of sp³-hybridized carbons (Fsp3) is 0.433. The molecule has 2 atom stereocenters. The first-order valence-corrected chi connectivity index (χ1v) is 14.6. The van der Waals surface area contributed by atoms with E-state index in [1.807, 2.05) is 36.4 Å². The molecule has 214 valence electrons. The smallest absolute Gasteiger partial charge is 0.336 e. The maximum atomic E-state index is 12.6. The van der Waals surface area contributed by atoms with Crippen LogP contribution in [0.25, 0.3) is 0 Å². The number of ether oxygens (including phenoxy) is 2. The molecule has 2 unspecified atom stereocenters. The van der Waals surface area contributed by atoms with E-state index in [-0.39, 0.29) is 11.3 Å². The Hall–Kier alpha value is -3.50. The monoisotopic (exact) mass is 566 g/mol. The Kier molecular flexibility index (Phi) is 10.1. The van der Waals surface area contributed by atoms with E-state index in [2.05, 4.69) is 34.2 Å². The van der Waals surface area contributed by atoms with Gasteiger partial charge in [0.25, 0.3) is 5.70 Å². The predicted molar refractivity (Wildman–Crippen MR) is 158 cm³/mol. The molecule has 2 aliphatic rings. The molecule has 2 aromatic rings. The number of carbonyl (C=O) groups is 1. The highest BCUT2D eigenvalue weighted by molar-refractivity contribution is 7.99. The summed E-state index contributed by atoms with van der Waals surface area (Å²) in [7, 11) is 3.01. The molecular weight excluding hydrogens is 528 g/mol. The van der Waals surface area contributed by atoms with Crippen molar-refractivity contribution in [3.05, 3.63) is 87.4 Å². The van der Waals surface area contributed by atoms with Crippen molar-refractivity contribution in [1.82, 2.24) is 10.2 Å². The third-order valence-electron chi connectivity index (χ3n) is 7.65. The molecule has 2 aliphatic heterocycles. The summed E-state index contributed by atoms with van der Waals surface area (Å²) in [5, 5.41) is 14.9. The van der Waals surface area contributed by atoms with Gasteiger partial charge in [0.2, 0.25) is 0 Å². The van der Waals surface area contributed by atoms with Crippen molar-refractivity contribution in [3.63, 3.8) is 0 Å². The highest BCUT2D eigenvalue weighted by atomic mass is 32.2. The van der Waals surface area contributed by atoms with E-state index in [0.29, 0.717) is 11.7 Å². The number of hydrogen-bond acceptors (Lipinski definition) is 9. The molecule has 2 heterocycles. The van der Waals surface area contributed by atoms with Gasteiger partial charge < -0.3 is 19.7 Å². The predicted octanol–water partition coefficient (Wildman–Crippen LogP) is 5.03. The van der Waals surface area contributed by atoms with Gasteiger partial charge in [-0.3, -0.25) is 15.0 Å². The van der Waals surface area contributed by atoms with Crippen LogP contribution in [0.4, 0.5) is 5.69 Å². The number of dihydropyridines is 1. The second-order valence-electron chi connectivity index (χ2n) is 10.0. The zero-order valence-electron chi connectivity index (χ0n) is 23.6. The summed E-state index contributed by atoms with van der Waals surface area (Å²) in [6.07, 6.45) is 3.59. The number of esters is 1. The van der Waals surface area contributed by atoms with Gasteiger partial charge in [-0.05, 0) is 56.2 Å². The number of piperazine rings is 1. The quantitative estimate of drug-likeness (QED) is 0.132. The van der Waals surface area contributed by atoms with Crippen LogP contribution in [0.5, 0.6) is 5.75 Å². The van der Waals surface area contributed by atoms with Crippen molar-refractivity contribution >= 4 is 23.4 Å². The number of nitro groups is 1. The van der Waals surface area contributed by atoms with Crippen LogP contribution in [-0.2, 0) is 9.53 Å². The van der Waals surface area contributed by atoms with Gasteiger partial charge in [-0.1, -0.05) is 30.3 Å². The molecule has 0 aromatic heterocycles. The first kappa shape index (κ1) is 29.5. The van der Waals surface area contributed by atoms with Crippen LogP contribution in [0.3, 0.4) is 0 Å². The first-order valence-electron chi connectivity index (χ1n) is 13.6. The van der Waals surface area contributed by atoms with Crippen molar-refractivity contribution in [1.29, 1.82) is 0 Å². The summed E-state index contributed by atoms with van der Waals surface area (Å²) in [5.41, 5.74) is 2.52. The lowest BCUT2D eigenvalue weighted by Gasteiger charge is -2.39. The number of nitrogens with one attached hydrogen (secondary N) is 1. The molecule has 0 amide bonds. The van der Waals surface area contributed by atoms with Gasteiger partial charge in [0.1, 0.15) is 11.7 Å². The molecule has 0 radical (unpaired) electrons. The van der Waals surface area contributed by atoms with Crippen molar-refractivity contribution in [2.45, 2.75) is 43.5 Å². The van der Waals surface area contributed by atoms with Crippen LogP contribution in [0.15, 0.2) is 76.6 Å². The van der Waals surface area contributed by atoms with Crippen LogP contribution in [0.1, 0.15) is 38.2 Å². The first-order chi connectivity index (χ1) is 19.3. The van der Waals surface area contributed by atoms with Crippen LogP contribution in [0.2, 0.25) is 0 Å². The number of anilines is 1. The highest BCUT2D eigenvalue weighted by Gasteiger charge is 2.39. The van der Waals surface area contributed by atoms with E-state index in [1.165, 1.54) is 13.3 Å². The van der Waals surface area contributed by atoms with Crippen LogP contribution >= 0.6 is 11.8 Å². The van der Waals surface area contributed by atoms with E-state index < -0.39 is 16.8 Å². The molecule has 0 aliphatic carbocycles. The third-order valence-corrected chi connectivity index (χ3v) is 8.82. The fourth-order valence-corrected chi connectivity index (χ4v) is 6.51. The minimum Gasteiger partial charge on any atom is -0.495 e. The van der Waals surface area contributed by atoms with Gasteiger partial charge in [0.15, 0.2) is 0 Å². The van der Waals surface area contributed by atoms with Crippen LogP contribution < -0.4 is 15.0 Å². The van der Waals surface area contributed by atoms with Crippen molar-refractivity contribution in [3.8, 4) is 5.75 Å². The molecule has 40 heavy (non-hydrogen) atoms. The molecule has 1 saturated heterocycles. The van der Waals surface area contributed by atoms with E-state index in [4.69, 9.17) is 9.47 Å². The van der Waals surface area contributed by atoms with Crippen LogP contribution in [-0.4, -0.2) is 68.0 Å². The summed E-state index contributed by atoms with van der Waals surface area (Å²) in [6.45, 7) is 7.88. The second-order valence-corrected chi connectivity index (χ2v) is 11.1. The maximum Gasteiger partial charge on any atom is 0.336 e. The number of methoxy groups -OCH3 is 2. The molecule has 1 fully saturated rings. The van der Waals surface area contributed by atoms with Crippen LogP contribution in [0, 0.1) is 10.1 Å². The van der Waals surface area contributed by atoms with Crippen molar-refractivity contribution in [2.24, 2.45) is 0 Å². The topological polar surface area (TPSA) is 97.2 Å². The number of para-hydroxylation sites is 2. The number of rotatable bonds is 11. The lowest BCUT2D eigenvalue weighted by Crippen LogP contribution is -2.49. The Morgan fingerprint density at radius 2 is 1.82 bits per heavy atom. The summed E-state index contributed by atoms with van der Waals surface area (Å²) in [6, 6.07) is 16.3. The van der Waals surface area contributed by atoms with Gasteiger partial charge in [-0.25, -0.2) is 4.79 Å². The molecule has 1 N–H and O–H groups in total. The Morgan fingerprint density at radius 3 is 2.52 bits per heavy atom. The summed E-state index contributed by atoms with van der Waals surface area (Å²) < 4.78 is 10.5. The number of thioether (sulfide) groups is 1. The van der Waals surface area contributed by atoms with Gasteiger partial charge in [0.05, 0.1) is 36.1 Å². The lowest BCUT2D eigenvalue weighted by atomic mass is 9.86. The van der Waals surface area contributed by atoms with Gasteiger partial charge in [-0.15, -0.1) is 11.8 Å². The summed E-state index contributed by atoms with van der Waals surface area (Å²) in [5.74, 6) is 0.409. The van der Waals surface area contributed by atoms with Gasteiger partial charge in [0, 0.05) is 43.3 Å². The Labute approximate surface area is 240 Å². The average Bonchev–Trinajstić information content (AvgIpc) is 2.98. The molecule has 4 rings (SSSR count). The second kappa shape index (κ2) is 13.7. The Bertz CT molecular complexity index is 1270. The average molecular weight is 567 g/mol. The van der Waals surface area contributed by atoms with Gasteiger partial charge in [-0.2, -0.15) is 0 Å². The Morgan fingerprint density at radius 1 is 1.12 bits per heavy atom.